The number of carbonyl (C=O) groups is 1. The lowest BCUT2D eigenvalue weighted by atomic mass is 9.91. The second-order valence-corrected chi connectivity index (χ2v) is 7.67. The van der Waals surface area contributed by atoms with Crippen molar-refractivity contribution in [2.24, 2.45) is 0 Å². The third kappa shape index (κ3) is 3.78. The maximum absolute atomic E-state index is 12.8. The molecule has 1 aromatic heterocycles. The molecule has 6 nitrogen and oxygen atoms in total. The number of cyclic esters (lactones) is 1. The molecule has 2 heterocycles. The van der Waals surface area contributed by atoms with Gasteiger partial charge in [0.05, 0.1) is 6.04 Å². The van der Waals surface area contributed by atoms with Crippen molar-refractivity contribution >= 4 is 17.9 Å². The van der Waals surface area contributed by atoms with Crippen molar-refractivity contribution in [3.05, 3.63) is 84.1 Å². The zero-order chi connectivity index (χ0) is 20.4. The second kappa shape index (κ2) is 7.54. The monoisotopic (exact) mass is 388 g/mol. The quantitative estimate of drug-likeness (QED) is 0.656. The minimum absolute atomic E-state index is 0.0262. The Morgan fingerprint density at radius 1 is 1.03 bits per heavy atom. The lowest BCUT2D eigenvalue weighted by Gasteiger charge is -2.28. The van der Waals surface area contributed by atoms with E-state index in [2.05, 4.69) is 15.3 Å². The first-order chi connectivity index (χ1) is 14.0. The molecule has 1 N–H and O–H groups in total. The summed E-state index contributed by atoms with van der Waals surface area (Å²) in [6, 6.07) is 21.4. The minimum atomic E-state index is -0.686. The van der Waals surface area contributed by atoms with Gasteiger partial charge in [0, 0.05) is 6.20 Å². The average Bonchev–Trinajstić information content (AvgIpc) is 2.97. The molecule has 148 valence electrons. The first-order valence-corrected chi connectivity index (χ1v) is 9.67. The Morgan fingerprint density at radius 3 is 2.38 bits per heavy atom. The van der Waals surface area contributed by atoms with Gasteiger partial charge in [-0.25, -0.2) is 14.7 Å². The van der Waals surface area contributed by atoms with Crippen LogP contribution in [0.4, 0.5) is 16.6 Å². The summed E-state index contributed by atoms with van der Waals surface area (Å²) in [4.78, 5) is 23.3. The highest BCUT2D eigenvalue weighted by atomic mass is 16.6. The number of hydrogen-bond donors (Lipinski definition) is 1. The van der Waals surface area contributed by atoms with Gasteiger partial charge in [-0.05, 0) is 38.0 Å². The molecule has 0 aliphatic carbocycles. The summed E-state index contributed by atoms with van der Waals surface area (Å²) in [5.74, 6) is 0.968. The van der Waals surface area contributed by atoms with Gasteiger partial charge in [0.25, 0.3) is 0 Å². The van der Waals surface area contributed by atoms with Gasteiger partial charge in [-0.2, -0.15) is 4.98 Å². The molecular formula is C23H24N4O2. The molecule has 1 saturated heterocycles. The lowest BCUT2D eigenvalue weighted by Crippen LogP contribution is -2.34. The number of amides is 1. The summed E-state index contributed by atoms with van der Waals surface area (Å²) in [7, 11) is 0. The van der Waals surface area contributed by atoms with Crippen molar-refractivity contribution in [2.45, 2.75) is 38.5 Å². The highest BCUT2D eigenvalue weighted by molar-refractivity contribution is 5.90. The molecule has 0 spiro atoms. The van der Waals surface area contributed by atoms with E-state index in [1.165, 1.54) is 0 Å². The molecular weight excluding hydrogens is 364 g/mol. The van der Waals surface area contributed by atoms with Gasteiger partial charge in [0.2, 0.25) is 5.95 Å². The Kier molecular flexibility index (Phi) is 4.92. The molecule has 1 unspecified atom stereocenters. The maximum atomic E-state index is 12.8. The van der Waals surface area contributed by atoms with Crippen LogP contribution in [0.5, 0.6) is 0 Å². The van der Waals surface area contributed by atoms with Crippen LogP contribution in [0.25, 0.3) is 0 Å². The van der Waals surface area contributed by atoms with Crippen molar-refractivity contribution in [1.82, 2.24) is 9.97 Å². The fraction of sp³-hybridized carbons (Fsp3) is 0.261. The number of ether oxygens (including phenoxy) is 1. The standard InChI is InChI=1S/C23H24N4O2/c1-16(17-10-6-4-7-11-17)25-21-24-15-14-19(26-21)27-20(18-12-8-5-9-13-18)23(2,3)29-22(27)28/h4-16,20H,1-3H3,(H,24,25,26)/t16-,20?/m0/s1. The zero-order valence-electron chi connectivity index (χ0n) is 16.7. The third-order valence-corrected chi connectivity index (χ3v) is 5.11. The van der Waals surface area contributed by atoms with Crippen molar-refractivity contribution in [3.8, 4) is 0 Å². The average molecular weight is 388 g/mol. The van der Waals surface area contributed by atoms with E-state index in [9.17, 15) is 4.79 Å². The summed E-state index contributed by atoms with van der Waals surface area (Å²) in [5, 5.41) is 3.31. The van der Waals surface area contributed by atoms with Gasteiger partial charge in [0.15, 0.2) is 0 Å². The molecule has 1 aliphatic heterocycles. The van der Waals surface area contributed by atoms with Crippen molar-refractivity contribution in [3.63, 3.8) is 0 Å². The van der Waals surface area contributed by atoms with E-state index in [0.29, 0.717) is 11.8 Å². The van der Waals surface area contributed by atoms with Crippen LogP contribution in [0.15, 0.2) is 72.9 Å². The van der Waals surface area contributed by atoms with E-state index in [1.54, 1.807) is 17.2 Å². The smallest absolute Gasteiger partial charge is 0.416 e. The van der Waals surface area contributed by atoms with E-state index in [-0.39, 0.29) is 12.1 Å². The Hall–Kier alpha value is -3.41. The van der Waals surface area contributed by atoms with Crippen LogP contribution in [-0.4, -0.2) is 21.7 Å². The van der Waals surface area contributed by atoms with E-state index in [4.69, 9.17) is 4.74 Å². The van der Waals surface area contributed by atoms with Gasteiger partial charge in [0.1, 0.15) is 17.5 Å². The van der Waals surface area contributed by atoms with Gasteiger partial charge in [-0.3, -0.25) is 0 Å². The summed E-state index contributed by atoms with van der Waals surface area (Å²) in [6.45, 7) is 5.88. The molecule has 4 rings (SSSR count). The predicted molar refractivity (Wildman–Crippen MR) is 113 cm³/mol. The molecule has 1 amide bonds. The molecule has 3 aromatic rings. The highest BCUT2D eigenvalue weighted by Crippen LogP contribution is 2.43. The van der Waals surface area contributed by atoms with E-state index in [0.717, 1.165) is 11.1 Å². The molecule has 0 saturated carbocycles. The fourth-order valence-corrected chi connectivity index (χ4v) is 3.73. The Labute approximate surface area is 170 Å². The Bertz CT molecular complexity index is 992. The number of hydrogen-bond acceptors (Lipinski definition) is 5. The summed E-state index contributed by atoms with van der Waals surface area (Å²) in [5.41, 5.74) is 1.44. The highest BCUT2D eigenvalue weighted by Gasteiger charge is 2.49. The van der Waals surface area contributed by atoms with Gasteiger partial charge in [-0.15, -0.1) is 0 Å². The van der Waals surface area contributed by atoms with Crippen LogP contribution in [0, 0.1) is 0 Å². The molecule has 0 radical (unpaired) electrons. The molecule has 2 atom stereocenters. The molecule has 1 fully saturated rings. The number of nitrogens with zero attached hydrogens (tertiary/aromatic N) is 3. The fourth-order valence-electron chi connectivity index (χ4n) is 3.73. The Morgan fingerprint density at radius 2 is 1.69 bits per heavy atom. The molecule has 6 heteroatoms. The number of nitrogens with one attached hydrogen (secondary N) is 1. The molecule has 2 aromatic carbocycles. The summed E-state index contributed by atoms with van der Waals surface area (Å²) in [6.07, 6.45) is 1.24. The van der Waals surface area contributed by atoms with Crippen LogP contribution in [0.3, 0.4) is 0 Å². The van der Waals surface area contributed by atoms with Crippen LogP contribution < -0.4 is 10.2 Å². The lowest BCUT2D eigenvalue weighted by molar-refractivity contribution is 0.0685. The van der Waals surface area contributed by atoms with Gasteiger partial charge < -0.3 is 10.1 Å². The largest absolute Gasteiger partial charge is 0.440 e. The molecule has 29 heavy (non-hydrogen) atoms. The maximum Gasteiger partial charge on any atom is 0.416 e. The van der Waals surface area contributed by atoms with E-state index in [1.807, 2.05) is 81.4 Å². The van der Waals surface area contributed by atoms with Crippen molar-refractivity contribution in [2.75, 3.05) is 10.2 Å². The van der Waals surface area contributed by atoms with Gasteiger partial charge >= 0.3 is 6.09 Å². The van der Waals surface area contributed by atoms with Gasteiger partial charge in [-0.1, -0.05) is 60.7 Å². The van der Waals surface area contributed by atoms with Crippen LogP contribution in [-0.2, 0) is 4.74 Å². The van der Waals surface area contributed by atoms with Crippen LogP contribution >= 0.6 is 0 Å². The number of benzene rings is 2. The van der Waals surface area contributed by atoms with E-state index >= 15 is 0 Å². The first kappa shape index (κ1) is 18.9. The number of rotatable bonds is 5. The number of carbonyl (C=O) groups excluding carboxylic acids is 1. The SMILES string of the molecule is C[C@H](Nc1nccc(N2C(=O)OC(C)(C)C2c2ccccc2)n1)c1ccccc1. The number of anilines is 2. The van der Waals surface area contributed by atoms with Crippen LogP contribution in [0.2, 0.25) is 0 Å². The zero-order valence-corrected chi connectivity index (χ0v) is 16.7. The summed E-state index contributed by atoms with van der Waals surface area (Å²) < 4.78 is 5.68. The topological polar surface area (TPSA) is 67.4 Å². The van der Waals surface area contributed by atoms with E-state index < -0.39 is 11.7 Å². The predicted octanol–water partition coefficient (Wildman–Crippen LogP) is 5.13. The second-order valence-electron chi connectivity index (χ2n) is 7.67. The van der Waals surface area contributed by atoms with Crippen molar-refractivity contribution < 1.29 is 9.53 Å². The minimum Gasteiger partial charge on any atom is -0.440 e. The normalized spacial score (nSPS) is 18.9. The summed E-state index contributed by atoms with van der Waals surface area (Å²) >= 11 is 0. The number of aromatic nitrogens is 2. The van der Waals surface area contributed by atoms with Crippen molar-refractivity contribution in [1.29, 1.82) is 0 Å². The Balaban J connectivity index is 1.65. The third-order valence-electron chi connectivity index (χ3n) is 5.11. The van der Waals surface area contributed by atoms with Crippen LogP contribution in [0.1, 0.15) is 44.0 Å². The molecule has 1 aliphatic rings. The molecule has 0 bridgehead atoms. The first-order valence-electron chi connectivity index (χ1n) is 9.67.